The predicted octanol–water partition coefficient (Wildman–Crippen LogP) is 2.33. The Morgan fingerprint density at radius 2 is 1.96 bits per heavy atom. The molecular weight excluding hydrogens is 312 g/mol. The van der Waals surface area contributed by atoms with Gasteiger partial charge in [-0.15, -0.1) is 0 Å². The lowest BCUT2D eigenvalue weighted by Gasteiger charge is -2.24. The summed E-state index contributed by atoms with van der Waals surface area (Å²) in [5.74, 6) is 0.224. The van der Waals surface area contributed by atoms with Crippen molar-refractivity contribution in [3.05, 3.63) is 35.6 Å². The number of hydrogen-bond donors (Lipinski definition) is 1. The van der Waals surface area contributed by atoms with Crippen molar-refractivity contribution in [3.63, 3.8) is 0 Å². The van der Waals surface area contributed by atoms with Gasteiger partial charge in [0.2, 0.25) is 0 Å². The van der Waals surface area contributed by atoms with Crippen molar-refractivity contribution in [3.8, 4) is 0 Å². The van der Waals surface area contributed by atoms with E-state index in [1.54, 1.807) is 31.1 Å². The Hall–Kier alpha value is -1.83. The number of likely N-dealkylation sites (N-methyl/N-ethyl adjacent to an activating group) is 1. The first-order valence-corrected chi connectivity index (χ1v) is 7.13. The maximum Gasteiger partial charge on any atom is 0.401 e. The smallest absolute Gasteiger partial charge is 0.355 e. The zero-order valence-electron chi connectivity index (χ0n) is 13.5. The van der Waals surface area contributed by atoms with Crippen LogP contribution in [0.3, 0.4) is 0 Å². The molecule has 1 aromatic carbocycles. The Balaban J connectivity index is 2.44. The molecule has 0 saturated heterocycles. The van der Waals surface area contributed by atoms with Crippen LogP contribution in [0, 0.1) is 5.82 Å². The van der Waals surface area contributed by atoms with Crippen molar-refractivity contribution in [1.82, 2.24) is 15.1 Å². The zero-order valence-corrected chi connectivity index (χ0v) is 13.5. The first kappa shape index (κ1) is 19.2. The summed E-state index contributed by atoms with van der Waals surface area (Å²) in [6.07, 6.45) is -4.20. The first-order valence-electron chi connectivity index (χ1n) is 7.13. The number of guanidine groups is 1. The minimum absolute atomic E-state index is 0.229. The van der Waals surface area contributed by atoms with E-state index in [4.69, 9.17) is 0 Å². The molecule has 1 rings (SSSR count). The van der Waals surface area contributed by atoms with Crippen LogP contribution < -0.4 is 5.32 Å². The van der Waals surface area contributed by atoms with Crippen LogP contribution in [0.2, 0.25) is 0 Å². The normalized spacial score (nSPS) is 12.6. The fourth-order valence-corrected chi connectivity index (χ4v) is 2.11. The SMILES string of the molecule is CN=C(NCCN(C)CC(F)(F)F)N(C)Cc1cccc(F)c1. The van der Waals surface area contributed by atoms with Gasteiger partial charge in [0, 0.05) is 33.7 Å². The molecule has 0 atom stereocenters. The lowest BCUT2D eigenvalue weighted by atomic mass is 10.2. The summed E-state index contributed by atoms with van der Waals surface area (Å²) < 4.78 is 49.9. The van der Waals surface area contributed by atoms with Crippen molar-refractivity contribution in [1.29, 1.82) is 0 Å². The van der Waals surface area contributed by atoms with E-state index in [9.17, 15) is 17.6 Å². The second kappa shape index (κ2) is 8.71. The second-order valence-electron chi connectivity index (χ2n) is 5.31. The standard InChI is InChI=1S/C15H22F4N4/c1-20-14(21-7-8-22(2)11-15(17,18)19)23(3)10-12-5-4-6-13(16)9-12/h4-6,9H,7-8,10-11H2,1-3H3,(H,20,21). The lowest BCUT2D eigenvalue weighted by Crippen LogP contribution is -2.43. The molecule has 0 heterocycles. The minimum Gasteiger partial charge on any atom is -0.355 e. The van der Waals surface area contributed by atoms with Crippen molar-refractivity contribution in [2.45, 2.75) is 12.7 Å². The Morgan fingerprint density at radius 1 is 1.26 bits per heavy atom. The number of benzene rings is 1. The molecule has 0 aromatic heterocycles. The molecule has 0 aliphatic carbocycles. The molecular formula is C15H22F4N4. The van der Waals surface area contributed by atoms with Crippen LogP contribution in [0.4, 0.5) is 17.6 Å². The summed E-state index contributed by atoms with van der Waals surface area (Å²) in [7, 11) is 4.78. The minimum atomic E-state index is -4.20. The van der Waals surface area contributed by atoms with Crippen LogP contribution >= 0.6 is 0 Å². The van der Waals surface area contributed by atoms with E-state index in [-0.39, 0.29) is 12.4 Å². The highest BCUT2D eigenvalue weighted by atomic mass is 19.4. The molecule has 4 nitrogen and oxygen atoms in total. The summed E-state index contributed by atoms with van der Waals surface area (Å²) in [4.78, 5) is 7.04. The molecule has 0 saturated carbocycles. The molecule has 130 valence electrons. The number of rotatable bonds is 6. The van der Waals surface area contributed by atoms with Gasteiger partial charge in [-0.2, -0.15) is 13.2 Å². The average molecular weight is 334 g/mol. The maximum absolute atomic E-state index is 13.2. The number of alkyl halides is 3. The largest absolute Gasteiger partial charge is 0.401 e. The van der Waals surface area contributed by atoms with Crippen LogP contribution in [0.5, 0.6) is 0 Å². The van der Waals surface area contributed by atoms with E-state index in [2.05, 4.69) is 10.3 Å². The zero-order chi connectivity index (χ0) is 17.5. The highest BCUT2D eigenvalue weighted by Gasteiger charge is 2.28. The summed E-state index contributed by atoms with van der Waals surface area (Å²) in [6.45, 7) is 0.0430. The second-order valence-corrected chi connectivity index (χ2v) is 5.31. The maximum atomic E-state index is 13.2. The topological polar surface area (TPSA) is 30.9 Å². The van der Waals surface area contributed by atoms with Gasteiger partial charge in [0.05, 0.1) is 6.54 Å². The highest BCUT2D eigenvalue weighted by Crippen LogP contribution is 2.15. The van der Waals surface area contributed by atoms with Crippen LogP contribution in [-0.2, 0) is 6.54 Å². The summed E-state index contributed by atoms with van der Waals surface area (Å²) in [5, 5.41) is 2.99. The third-order valence-electron chi connectivity index (χ3n) is 3.11. The Labute approximate surface area is 133 Å². The van der Waals surface area contributed by atoms with Gasteiger partial charge in [-0.25, -0.2) is 4.39 Å². The Kier molecular flexibility index (Phi) is 7.28. The van der Waals surface area contributed by atoms with Gasteiger partial charge in [-0.3, -0.25) is 9.89 Å². The predicted molar refractivity (Wildman–Crippen MR) is 82.8 cm³/mol. The van der Waals surface area contributed by atoms with Crippen molar-refractivity contribution in [2.24, 2.45) is 4.99 Å². The molecule has 0 spiro atoms. The molecule has 0 bridgehead atoms. The van der Waals surface area contributed by atoms with E-state index < -0.39 is 12.7 Å². The number of aliphatic imine (C=N–C) groups is 1. The molecule has 1 N–H and O–H groups in total. The Bertz CT molecular complexity index is 516. The first-order chi connectivity index (χ1) is 10.7. The highest BCUT2D eigenvalue weighted by molar-refractivity contribution is 5.79. The van der Waals surface area contributed by atoms with Crippen molar-refractivity contribution in [2.75, 3.05) is 40.8 Å². The molecule has 0 aliphatic heterocycles. The van der Waals surface area contributed by atoms with Crippen LogP contribution in [0.15, 0.2) is 29.3 Å². The van der Waals surface area contributed by atoms with E-state index >= 15 is 0 Å². The third-order valence-corrected chi connectivity index (χ3v) is 3.11. The quantitative estimate of drug-likeness (QED) is 0.492. The summed E-state index contributed by atoms with van der Waals surface area (Å²) in [5.41, 5.74) is 0.782. The van der Waals surface area contributed by atoms with Gasteiger partial charge >= 0.3 is 6.18 Å². The van der Waals surface area contributed by atoms with E-state index in [0.29, 0.717) is 19.0 Å². The average Bonchev–Trinajstić information content (AvgIpc) is 2.41. The van der Waals surface area contributed by atoms with E-state index in [1.165, 1.54) is 24.1 Å². The molecule has 0 fully saturated rings. The van der Waals surface area contributed by atoms with E-state index in [1.807, 2.05) is 0 Å². The van der Waals surface area contributed by atoms with Crippen LogP contribution in [0.1, 0.15) is 5.56 Å². The summed E-state index contributed by atoms with van der Waals surface area (Å²) in [6, 6.07) is 6.22. The number of halogens is 4. The number of hydrogen-bond acceptors (Lipinski definition) is 2. The van der Waals surface area contributed by atoms with Gasteiger partial charge in [0.25, 0.3) is 0 Å². The molecule has 1 aromatic rings. The number of nitrogens with zero attached hydrogens (tertiary/aromatic N) is 3. The lowest BCUT2D eigenvalue weighted by molar-refractivity contribution is -0.142. The molecule has 0 radical (unpaired) electrons. The van der Waals surface area contributed by atoms with E-state index in [0.717, 1.165) is 5.56 Å². The van der Waals surface area contributed by atoms with Crippen LogP contribution in [0.25, 0.3) is 0 Å². The van der Waals surface area contributed by atoms with Gasteiger partial charge in [-0.05, 0) is 24.7 Å². The molecule has 0 aliphatic rings. The Morgan fingerprint density at radius 3 is 2.52 bits per heavy atom. The van der Waals surface area contributed by atoms with Crippen molar-refractivity contribution < 1.29 is 17.6 Å². The van der Waals surface area contributed by atoms with Gasteiger partial charge < -0.3 is 10.2 Å². The third kappa shape index (κ3) is 7.83. The van der Waals surface area contributed by atoms with Gasteiger partial charge in [0.1, 0.15) is 5.82 Å². The molecule has 0 unspecified atom stereocenters. The van der Waals surface area contributed by atoms with Crippen LogP contribution in [-0.4, -0.2) is 62.7 Å². The molecule has 23 heavy (non-hydrogen) atoms. The van der Waals surface area contributed by atoms with Crippen molar-refractivity contribution >= 4 is 5.96 Å². The van der Waals surface area contributed by atoms with Gasteiger partial charge in [0.15, 0.2) is 5.96 Å². The number of nitrogens with one attached hydrogen (secondary N) is 1. The molecule has 8 heteroatoms. The monoisotopic (exact) mass is 334 g/mol. The fourth-order valence-electron chi connectivity index (χ4n) is 2.11. The molecule has 0 amide bonds. The summed E-state index contributed by atoms with van der Waals surface area (Å²) >= 11 is 0. The van der Waals surface area contributed by atoms with Gasteiger partial charge in [-0.1, -0.05) is 12.1 Å². The fraction of sp³-hybridized carbons (Fsp3) is 0.533.